The van der Waals surface area contributed by atoms with Crippen LogP contribution in [0.2, 0.25) is 5.02 Å². The summed E-state index contributed by atoms with van der Waals surface area (Å²) in [5, 5.41) is 4.24. The zero-order valence-electron chi connectivity index (χ0n) is 24.6. The number of rotatable bonds is 13. The van der Waals surface area contributed by atoms with Crippen LogP contribution in [0.3, 0.4) is 0 Å². The van der Waals surface area contributed by atoms with Gasteiger partial charge in [-0.25, -0.2) is 0 Å². The van der Waals surface area contributed by atoms with Crippen molar-refractivity contribution in [3.05, 3.63) is 81.7 Å². The molecule has 5 nitrogen and oxygen atoms in total. The second-order valence-electron chi connectivity index (χ2n) is 10.9. The molecule has 0 aliphatic rings. The van der Waals surface area contributed by atoms with Crippen molar-refractivity contribution in [2.24, 2.45) is 0 Å². The van der Waals surface area contributed by atoms with Gasteiger partial charge >= 0.3 is 6.36 Å². The summed E-state index contributed by atoms with van der Waals surface area (Å²) in [7, 11) is 0. The van der Waals surface area contributed by atoms with Crippen LogP contribution in [0.25, 0.3) is 10.1 Å². The van der Waals surface area contributed by atoms with Crippen LogP contribution < -0.4 is 19.5 Å². The van der Waals surface area contributed by atoms with Crippen molar-refractivity contribution in [2.45, 2.75) is 58.4 Å². The SMILES string of the molecule is CC(C)Oc1cc(OC(F)(F)F)cc(C(C)(C)c2cc(Cl)cc(NC(=O)c3cc4cc(NSCCCCCl)ccc4s3)c2)c1. The fourth-order valence-corrected chi connectivity index (χ4v) is 6.58. The number of thiophene rings is 1. The zero-order valence-corrected chi connectivity index (χ0v) is 27.8. The first-order valence-corrected chi connectivity index (χ1v) is 16.6. The van der Waals surface area contributed by atoms with Gasteiger partial charge in [-0.3, -0.25) is 4.79 Å². The highest BCUT2D eigenvalue weighted by molar-refractivity contribution is 8.00. The smallest absolute Gasteiger partial charge is 0.491 e. The third kappa shape index (κ3) is 9.36. The van der Waals surface area contributed by atoms with Crippen LogP contribution in [0.5, 0.6) is 11.5 Å². The average molecular weight is 686 g/mol. The van der Waals surface area contributed by atoms with Crippen LogP contribution in [0, 0.1) is 0 Å². The highest BCUT2D eigenvalue weighted by Crippen LogP contribution is 2.40. The molecule has 0 unspecified atom stereocenters. The molecule has 0 fully saturated rings. The molecule has 1 aromatic heterocycles. The molecule has 3 aromatic carbocycles. The Morgan fingerprint density at radius 3 is 2.39 bits per heavy atom. The Bertz CT molecular complexity index is 1610. The third-order valence-corrected chi connectivity index (χ3v) is 9.12. The Hall–Kier alpha value is -2.79. The second kappa shape index (κ2) is 14.5. The van der Waals surface area contributed by atoms with E-state index in [4.69, 9.17) is 27.9 Å². The van der Waals surface area contributed by atoms with Gasteiger partial charge in [0.25, 0.3) is 5.91 Å². The van der Waals surface area contributed by atoms with Crippen LogP contribution in [0.1, 0.15) is 61.3 Å². The van der Waals surface area contributed by atoms with Crippen LogP contribution in [-0.2, 0) is 5.41 Å². The predicted octanol–water partition coefficient (Wildman–Crippen LogP) is 10.9. The van der Waals surface area contributed by atoms with Gasteiger partial charge in [-0.1, -0.05) is 37.4 Å². The molecule has 2 N–H and O–H groups in total. The lowest BCUT2D eigenvalue weighted by molar-refractivity contribution is -0.274. The molecular weight excluding hydrogens is 652 g/mol. The lowest BCUT2D eigenvalue weighted by Crippen LogP contribution is -2.22. The van der Waals surface area contributed by atoms with Crippen molar-refractivity contribution >= 4 is 73.9 Å². The summed E-state index contributed by atoms with van der Waals surface area (Å²) in [6.45, 7) is 7.27. The lowest BCUT2D eigenvalue weighted by atomic mass is 9.78. The van der Waals surface area contributed by atoms with Crippen molar-refractivity contribution in [1.82, 2.24) is 0 Å². The number of halogens is 5. The molecular formula is C32H33Cl2F3N2O3S2. The highest BCUT2D eigenvalue weighted by Gasteiger charge is 2.33. The Labute approximate surface area is 273 Å². The summed E-state index contributed by atoms with van der Waals surface area (Å²) >= 11 is 15.2. The van der Waals surface area contributed by atoms with Crippen LogP contribution in [0.4, 0.5) is 24.5 Å². The Morgan fingerprint density at radius 1 is 0.955 bits per heavy atom. The first kappa shape index (κ1) is 34.1. The van der Waals surface area contributed by atoms with Crippen molar-refractivity contribution < 1.29 is 27.4 Å². The molecule has 0 aliphatic carbocycles. The first-order valence-electron chi connectivity index (χ1n) is 13.9. The maximum absolute atomic E-state index is 13.3. The Morgan fingerprint density at radius 2 is 1.68 bits per heavy atom. The first-order chi connectivity index (χ1) is 20.7. The Balaban J connectivity index is 1.56. The summed E-state index contributed by atoms with van der Waals surface area (Å²) in [5.41, 5.74) is 1.76. The monoisotopic (exact) mass is 684 g/mol. The molecule has 0 spiro atoms. The number of fused-ring (bicyclic) bond motifs is 1. The molecule has 12 heteroatoms. The molecule has 4 aromatic rings. The van der Waals surface area contributed by atoms with E-state index in [1.807, 2.05) is 38.1 Å². The van der Waals surface area contributed by atoms with E-state index in [1.165, 1.54) is 23.5 Å². The highest BCUT2D eigenvalue weighted by atomic mass is 35.5. The predicted molar refractivity (Wildman–Crippen MR) is 178 cm³/mol. The number of benzene rings is 3. The molecule has 4 rings (SSSR count). The van der Waals surface area contributed by atoms with Gasteiger partial charge in [0.05, 0.1) is 11.0 Å². The topological polar surface area (TPSA) is 59.6 Å². The molecule has 0 atom stereocenters. The second-order valence-corrected chi connectivity index (χ2v) is 13.7. The molecule has 1 heterocycles. The standard InChI is InChI=1S/C32H33Cl2F3N2O3S2/c1-19(2)41-26-15-22(16-27(18-26)42-32(35,36)37)31(3,4)21-13-23(34)17-25(14-21)38-30(40)29-12-20-11-24(7-8-28(20)44-29)39-43-10-6-5-9-33/h7-8,11-19,39H,5-6,9-10H2,1-4H3,(H,38,40). The van der Waals surface area contributed by atoms with Crippen LogP contribution in [0.15, 0.2) is 60.7 Å². The van der Waals surface area contributed by atoms with Crippen molar-refractivity contribution in [1.29, 1.82) is 0 Å². The van der Waals surface area contributed by atoms with Gasteiger partial charge < -0.3 is 19.5 Å². The third-order valence-electron chi connectivity index (χ3n) is 6.64. The van der Waals surface area contributed by atoms with Crippen molar-refractivity contribution in [3.8, 4) is 11.5 Å². The summed E-state index contributed by atoms with van der Waals surface area (Å²) < 4.78 is 53.6. The molecule has 1 amide bonds. The number of hydrogen-bond acceptors (Lipinski definition) is 6. The van der Waals surface area contributed by atoms with Crippen LogP contribution in [-0.4, -0.2) is 30.0 Å². The van der Waals surface area contributed by atoms with Crippen LogP contribution >= 0.6 is 46.5 Å². The maximum Gasteiger partial charge on any atom is 0.573 e. The fraction of sp³-hybridized carbons (Fsp3) is 0.344. The number of hydrogen-bond donors (Lipinski definition) is 2. The van der Waals surface area contributed by atoms with Gasteiger partial charge in [0.2, 0.25) is 0 Å². The maximum atomic E-state index is 13.3. The van der Waals surface area contributed by atoms with E-state index in [0.717, 1.165) is 34.4 Å². The van der Waals surface area contributed by atoms with Gasteiger partial charge in [0, 0.05) is 44.2 Å². The number of anilines is 2. The molecule has 236 valence electrons. The van der Waals surface area contributed by atoms with E-state index < -0.39 is 11.8 Å². The van der Waals surface area contributed by atoms with E-state index in [2.05, 4.69) is 14.8 Å². The molecule has 0 radical (unpaired) electrons. The van der Waals surface area contributed by atoms with Gasteiger partial charge in [-0.2, -0.15) is 0 Å². The molecule has 0 aliphatic heterocycles. The number of carbonyl (C=O) groups is 1. The summed E-state index contributed by atoms with van der Waals surface area (Å²) in [5.74, 6) is 1.16. The molecule has 0 saturated carbocycles. The van der Waals surface area contributed by atoms with E-state index >= 15 is 0 Å². The minimum Gasteiger partial charge on any atom is -0.491 e. The van der Waals surface area contributed by atoms with Gasteiger partial charge in [0.1, 0.15) is 11.5 Å². The molecule has 44 heavy (non-hydrogen) atoms. The minimum atomic E-state index is -4.86. The molecule has 0 bridgehead atoms. The lowest BCUT2D eigenvalue weighted by Gasteiger charge is -2.28. The van der Waals surface area contributed by atoms with E-state index in [0.29, 0.717) is 32.6 Å². The van der Waals surface area contributed by atoms with Gasteiger partial charge in [-0.05, 0) is 97.8 Å². The Kier molecular flexibility index (Phi) is 11.3. The van der Waals surface area contributed by atoms with Crippen molar-refractivity contribution in [2.75, 3.05) is 21.7 Å². The summed E-state index contributed by atoms with van der Waals surface area (Å²) in [6, 6.07) is 17.1. The fourth-order valence-electron chi connectivity index (χ4n) is 4.47. The number of nitrogens with one attached hydrogen (secondary N) is 2. The number of alkyl halides is 4. The average Bonchev–Trinajstić information content (AvgIpc) is 3.35. The van der Waals surface area contributed by atoms with Gasteiger partial charge in [0.15, 0.2) is 0 Å². The van der Waals surface area contributed by atoms with Gasteiger partial charge in [-0.15, -0.1) is 36.1 Å². The normalized spacial score (nSPS) is 12.0. The van der Waals surface area contributed by atoms with Crippen molar-refractivity contribution in [3.63, 3.8) is 0 Å². The summed E-state index contributed by atoms with van der Waals surface area (Å²) in [6.07, 6.45) is -3.12. The zero-order chi connectivity index (χ0) is 32.1. The quantitative estimate of drug-likeness (QED) is 0.0833. The van der Waals surface area contributed by atoms with E-state index in [-0.39, 0.29) is 23.5 Å². The number of carbonyl (C=O) groups excluding carboxylic acids is 1. The number of unbranched alkanes of at least 4 members (excludes halogenated alkanes) is 1. The molecule has 0 saturated heterocycles. The largest absolute Gasteiger partial charge is 0.573 e. The summed E-state index contributed by atoms with van der Waals surface area (Å²) in [4.78, 5) is 13.8. The number of ether oxygens (including phenoxy) is 2. The van der Waals surface area contributed by atoms with E-state index in [9.17, 15) is 18.0 Å². The minimum absolute atomic E-state index is 0.244. The van der Waals surface area contributed by atoms with E-state index in [1.54, 1.807) is 50.1 Å². The number of amides is 1.